The molecule has 110 valence electrons. The van der Waals surface area contributed by atoms with Gasteiger partial charge in [0.2, 0.25) is 5.89 Å². The van der Waals surface area contributed by atoms with Gasteiger partial charge in [-0.05, 0) is 19.3 Å². The van der Waals surface area contributed by atoms with Crippen molar-refractivity contribution in [1.29, 1.82) is 0 Å². The van der Waals surface area contributed by atoms with Gasteiger partial charge in [0.15, 0.2) is 0 Å². The van der Waals surface area contributed by atoms with Gasteiger partial charge in [0.25, 0.3) is 0 Å². The third-order valence-electron chi connectivity index (χ3n) is 3.63. The summed E-state index contributed by atoms with van der Waals surface area (Å²) in [6.45, 7) is 8.51. The number of rotatable bonds is 10. The summed E-state index contributed by atoms with van der Waals surface area (Å²) in [5.74, 6) is 0.593. The molecule has 0 aliphatic heterocycles. The van der Waals surface area contributed by atoms with Crippen molar-refractivity contribution in [2.45, 2.75) is 52.1 Å². The third kappa shape index (κ3) is 4.80. The molecule has 0 aliphatic rings. The maximum atomic E-state index is 5.59. The van der Waals surface area contributed by atoms with Crippen molar-refractivity contribution >= 4 is 6.01 Å². The first-order valence-electron chi connectivity index (χ1n) is 7.00. The molecular formula is C13H26N4O2. The van der Waals surface area contributed by atoms with E-state index in [0.717, 1.165) is 25.8 Å². The summed E-state index contributed by atoms with van der Waals surface area (Å²) in [6, 6.07) is 0.508. The Morgan fingerprint density at radius 2 is 1.84 bits per heavy atom. The normalized spacial score (nSPS) is 11.8. The van der Waals surface area contributed by atoms with E-state index in [1.165, 1.54) is 0 Å². The van der Waals surface area contributed by atoms with E-state index in [1.54, 1.807) is 7.11 Å². The highest BCUT2D eigenvalue weighted by Crippen LogP contribution is 2.24. The highest BCUT2D eigenvalue weighted by atomic mass is 16.5. The number of hydrogen-bond donors (Lipinski definition) is 2. The summed E-state index contributed by atoms with van der Waals surface area (Å²) in [6.07, 6.45) is 3.09. The largest absolute Gasteiger partial charge is 0.407 e. The number of nitrogens with one attached hydrogen (secondary N) is 2. The topological polar surface area (TPSA) is 72.2 Å². The van der Waals surface area contributed by atoms with Crippen LogP contribution >= 0.6 is 0 Å². The van der Waals surface area contributed by atoms with Crippen molar-refractivity contribution < 1.29 is 9.15 Å². The fourth-order valence-electron chi connectivity index (χ4n) is 1.99. The molecule has 0 aromatic carbocycles. The summed E-state index contributed by atoms with van der Waals surface area (Å²) in [5, 5.41) is 14.6. The first kappa shape index (κ1) is 15.9. The van der Waals surface area contributed by atoms with Crippen molar-refractivity contribution in [1.82, 2.24) is 15.5 Å². The van der Waals surface area contributed by atoms with Crippen molar-refractivity contribution in [3.05, 3.63) is 5.89 Å². The lowest BCUT2D eigenvalue weighted by atomic mass is 9.90. The Hall–Kier alpha value is -1.14. The first-order chi connectivity index (χ1) is 9.19. The molecule has 19 heavy (non-hydrogen) atoms. The number of methoxy groups -OCH3 is 1. The summed E-state index contributed by atoms with van der Waals surface area (Å²) in [7, 11) is 1.68. The maximum absolute atomic E-state index is 5.59. The second-order valence-electron chi connectivity index (χ2n) is 4.64. The molecule has 0 saturated carbocycles. The van der Waals surface area contributed by atoms with E-state index in [4.69, 9.17) is 9.15 Å². The molecule has 1 aromatic rings. The Bertz CT molecular complexity index is 342. The minimum absolute atomic E-state index is 0.0489. The Balaban J connectivity index is 2.49. The highest BCUT2D eigenvalue weighted by Gasteiger charge is 2.25. The molecule has 0 unspecified atom stereocenters. The number of hydrogen-bond acceptors (Lipinski definition) is 6. The molecule has 0 fully saturated rings. The van der Waals surface area contributed by atoms with Crippen LogP contribution in [-0.2, 0) is 11.3 Å². The van der Waals surface area contributed by atoms with Crippen LogP contribution in [0.1, 0.15) is 45.9 Å². The van der Waals surface area contributed by atoms with Gasteiger partial charge >= 0.3 is 6.01 Å². The molecule has 0 aliphatic carbocycles. The van der Waals surface area contributed by atoms with Gasteiger partial charge in [0.1, 0.15) is 0 Å². The molecule has 0 radical (unpaired) electrons. The van der Waals surface area contributed by atoms with Gasteiger partial charge in [-0.3, -0.25) is 0 Å². The number of anilines is 1. The summed E-state index contributed by atoms with van der Waals surface area (Å²) in [4.78, 5) is 0. The molecule has 2 N–H and O–H groups in total. The van der Waals surface area contributed by atoms with Gasteiger partial charge in [0, 0.05) is 19.2 Å². The molecule has 0 atom stereocenters. The van der Waals surface area contributed by atoms with Gasteiger partial charge < -0.3 is 19.8 Å². The lowest BCUT2D eigenvalue weighted by Crippen LogP contribution is -2.36. The average Bonchev–Trinajstić information content (AvgIpc) is 2.88. The number of ether oxygens (including phenoxy) is 1. The van der Waals surface area contributed by atoms with Gasteiger partial charge in [-0.2, -0.15) is 0 Å². The Labute approximate surface area is 115 Å². The lowest BCUT2D eigenvalue weighted by Gasteiger charge is -2.30. The Morgan fingerprint density at radius 1 is 1.16 bits per heavy atom. The summed E-state index contributed by atoms with van der Waals surface area (Å²) >= 11 is 0. The van der Waals surface area contributed by atoms with Gasteiger partial charge in [0.05, 0.1) is 13.2 Å². The van der Waals surface area contributed by atoms with E-state index >= 15 is 0 Å². The SMILES string of the molecule is CCC(CC)(CC)Nc1nnc(CNCCOC)o1. The zero-order chi connectivity index (χ0) is 14.1. The molecule has 0 saturated heterocycles. The van der Waals surface area contributed by atoms with E-state index in [0.29, 0.717) is 25.1 Å². The second kappa shape index (κ2) is 8.12. The predicted molar refractivity (Wildman–Crippen MR) is 75.1 cm³/mol. The summed E-state index contributed by atoms with van der Waals surface area (Å²) < 4.78 is 10.5. The van der Waals surface area contributed by atoms with Crippen molar-refractivity contribution in [2.24, 2.45) is 0 Å². The quantitative estimate of drug-likeness (QED) is 0.635. The lowest BCUT2D eigenvalue weighted by molar-refractivity contribution is 0.198. The van der Waals surface area contributed by atoms with E-state index in [2.05, 4.69) is 41.6 Å². The van der Waals surface area contributed by atoms with E-state index in [1.807, 2.05) is 0 Å². The van der Waals surface area contributed by atoms with E-state index < -0.39 is 0 Å². The number of aromatic nitrogens is 2. The molecule has 0 amide bonds. The van der Waals surface area contributed by atoms with Crippen LogP contribution in [0.5, 0.6) is 0 Å². The van der Waals surface area contributed by atoms with Crippen LogP contribution in [0.3, 0.4) is 0 Å². The molecule has 1 rings (SSSR count). The molecule has 6 heteroatoms. The van der Waals surface area contributed by atoms with Crippen LogP contribution in [0.4, 0.5) is 6.01 Å². The molecule has 0 bridgehead atoms. The van der Waals surface area contributed by atoms with Crippen molar-refractivity contribution in [3.63, 3.8) is 0 Å². The van der Waals surface area contributed by atoms with Crippen LogP contribution < -0.4 is 10.6 Å². The van der Waals surface area contributed by atoms with Crippen molar-refractivity contribution in [2.75, 3.05) is 25.6 Å². The second-order valence-corrected chi connectivity index (χ2v) is 4.64. The Kier molecular flexibility index (Phi) is 6.80. The fraction of sp³-hybridized carbons (Fsp3) is 0.846. The fourth-order valence-corrected chi connectivity index (χ4v) is 1.99. The van der Waals surface area contributed by atoms with Gasteiger partial charge in [-0.25, -0.2) is 0 Å². The van der Waals surface area contributed by atoms with Crippen LogP contribution in [0, 0.1) is 0 Å². The molecule has 0 spiro atoms. The maximum Gasteiger partial charge on any atom is 0.315 e. The zero-order valence-electron chi connectivity index (χ0n) is 12.5. The number of nitrogens with zero attached hydrogens (tertiary/aromatic N) is 2. The summed E-state index contributed by atoms with van der Waals surface area (Å²) in [5.41, 5.74) is 0.0489. The first-order valence-corrected chi connectivity index (χ1v) is 7.00. The van der Waals surface area contributed by atoms with Gasteiger partial charge in [-0.15, -0.1) is 5.10 Å². The molecule has 1 heterocycles. The van der Waals surface area contributed by atoms with Gasteiger partial charge in [-0.1, -0.05) is 25.9 Å². The van der Waals surface area contributed by atoms with Crippen LogP contribution in [0.2, 0.25) is 0 Å². The zero-order valence-corrected chi connectivity index (χ0v) is 12.5. The van der Waals surface area contributed by atoms with Crippen LogP contribution in [0.25, 0.3) is 0 Å². The van der Waals surface area contributed by atoms with Crippen molar-refractivity contribution in [3.8, 4) is 0 Å². The van der Waals surface area contributed by atoms with Crippen LogP contribution in [0.15, 0.2) is 4.42 Å². The van der Waals surface area contributed by atoms with E-state index in [-0.39, 0.29) is 5.54 Å². The third-order valence-corrected chi connectivity index (χ3v) is 3.63. The molecule has 1 aromatic heterocycles. The Morgan fingerprint density at radius 3 is 2.42 bits per heavy atom. The standard InChI is InChI=1S/C13H26N4O2/c1-5-13(6-2,7-3)15-12-17-16-11(19-12)10-14-8-9-18-4/h14H,5-10H2,1-4H3,(H,15,17). The average molecular weight is 270 g/mol. The van der Waals surface area contributed by atoms with E-state index in [9.17, 15) is 0 Å². The molecular weight excluding hydrogens is 244 g/mol. The minimum atomic E-state index is 0.0489. The minimum Gasteiger partial charge on any atom is -0.407 e. The van der Waals surface area contributed by atoms with Crippen LogP contribution in [-0.4, -0.2) is 36.0 Å². The predicted octanol–water partition coefficient (Wildman–Crippen LogP) is 2.19. The monoisotopic (exact) mass is 270 g/mol. The smallest absolute Gasteiger partial charge is 0.315 e. The molecule has 6 nitrogen and oxygen atoms in total. The highest BCUT2D eigenvalue weighted by molar-refractivity contribution is 5.23.